The molecule has 2 aliphatic rings. The highest BCUT2D eigenvalue weighted by Crippen LogP contribution is 2.37. The summed E-state index contributed by atoms with van der Waals surface area (Å²) < 4.78 is 16.4. The van der Waals surface area contributed by atoms with Crippen molar-refractivity contribution in [2.75, 3.05) is 46.2 Å². The number of fused-ring (bicyclic) bond motifs is 1. The van der Waals surface area contributed by atoms with Crippen molar-refractivity contribution in [2.45, 2.75) is 13.1 Å². The van der Waals surface area contributed by atoms with Gasteiger partial charge in [0.25, 0.3) is 0 Å². The Bertz CT molecular complexity index is 754. The molecule has 0 unspecified atom stereocenters. The van der Waals surface area contributed by atoms with Crippen LogP contribution in [0.3, 0.4) is 0 Å². The zero-order valence-electron chi connectivity index (χ0n) is 15.3. The minimum atomic E-state index is 0.256. The van der Waals surface area contributed by atoms with Gasteiger partial charge in [-0.25, -0.2) is 0 Å². The van der Waals surface area contributed by atoms with Crippen LogP contribution in [-0.2, 0) is 17.8 Å². The molecule has 0 atom stereocenters. The van der Waals surface area contributed by atoms with Crippen LogP contribution < -0.4 is 9.47 Å². The lowest BCUT2D eigenvalue weighted by atomic mass is 10.1. The monoisotopic (exact) mass is 389 g/mol. The van der Waals surface area contributed by atoms with E-state index in [1.807, 2.05) is 24.4 Å². The number of hydrogen-bond acceptors (Lipinski definition) is 6. The van der Waals surface area contributed by atoms with Gasteiger partial charge in [0.15, 0.2) is 11.5 Å². The fraction of sp³-hybridized carbons (Fsp3) is 0.450. The van der Waals surface area contributed by atoms with Gasteiger partial charge in [0.1, 0.15) is 0 Å². The van der Waals surface area contributed by atoms with Gasteiger partial charge in [-0.1, -0.05) is 17.7 Å². The Morgan fingerprint density at radius 2 is 1.93 bits per heavy atom. The van der Waals surface area contributed by atoms with Gasteiger partial charge >= 0.3 is 0 Å². The second kappa shape index (κ2) is 8.89. The molecule has 4 rings (SSSR count). The number of morpholine rings is 1. The number of halogens is 1. The van der Waals surface area contributed by atoms with Crippen molar-refractivity contribution in [3.63, 3.8) is 0 Å². The van der Waals surface area contributed by atoms with Crippen LogP contribution in [0, 0.1) is 0 Å². The van der Waals surface area contributed by atoms with E-state index in [-0.39, 0.29) is 6.79 Å². The lowest BCUT2D eigenvalue weighted by molar-refractivity contribution is 0.0325. The first kappa shape index (κ1) is 18.5. The average molecular weight is 390 g/mol. The van der Waals surface area contributed by atoms with E-state index in [4.69, 9.17) is 25.8 Å². The molecule has 0 N–H and O–H groups in total. The zero-order chi connectivity index (χ0) is 18.5. The Morgan fingerprint density at radius 1 is 1.11 bits per heavy atom. The number of benzene rings is 1. The SMILES string of the molecule is Clc1cc2c(cc1CN(CCN1CCOCC1)Cc1cccnc1)OCO2. The van der Waals surface area contributed by atoms with Gasteiger partial charge in [-0.3, -0.25) is 14.8 Å². The summed E-state index contributed by atoms with van der Waals surface area (Å²) >= 11 is 6.50. The Balaban J connectivity index is 1.46. The van der Waals surface area contributed by atoms with Gasteiger partial charge in [0, 0.05) is 62.8 Å². The molecular formula is C20H24ClN3O3. The van der Waals surface area contributed by atoms with Crippen molar-refractivity contribution in [1.29, 1.82) is 0 Å². The number of nitrogens with zero attached hydrogens (tertiary/aromatic N) is 3. The van der Waals surface area contributed by atoms with Crippen molar-refractivity contribution in [3.8, 4) is 11.5 Å². The van der Waals surface area contributed by atoms with E-state index >= 15 is 0 Å². The van der Waals surface area contributed by atoms with Gasteiger partial charge in [-0.2, -0.15) is 0 Å². The zero-order valence-corrected chi connectivity index (χ0v) is 16.0. The summed E-state index contributed by atoms with van der Waals surface area (Å²) in [5, 5.41) is 0.710. The summed E-state index contributed by atoms with van der Waals surface area (Å²) in [6.45, 7) is 7.39. The normalized spacial score (nSPS) is 16.8. The van der Waals surface area contributed by atoms with Gasteiger partial charge in [-0.05, 0) is 23.3 Å². The maximum absolute atomic E-state index is 6.50. The maximum Gasteiger partial charge on any atom is 0.231 e. The summed E-state index contributed by atoms with van der Waals surface area (Å²) in [5.74, 6) is 1.49. The first-order valence-electron chi connectivity index (χ1n) is 9.27. The number of aromatic nitrogens is 1. The highest BCUT2D eigenvalue weighted by molar-refractivity contribution is 6.31. The molecular weight excluding hydrogens is 366 g/mol. The lowest BCUT2D eigenvalue weighted by Crippen LogP contribution is -2.41. The van der Waals surface area contributed by atoms with Crippen LogP contribution in [0.15, 0.2) is 36.7 Å². The molecule has 0 spiro atoms. The van der Waals surface area contributed by atoms with E-state index in [2.05, 4.69) is 20.9 Å². The second-order valence-electron chi connectivity index (χ2n) is 6.82. The third-order valence-electron chi connectivity index (χ3n) is 4.90. The number of hydrogen-bond donors (Lipinski definition) is 0. The van der Waals surface area contributed by atoms with Gasteiger partial charge in [-0.15, -0.1) is 0 Å². The fourth-order valence-corrected chi connectivity index (χ4v) is 3.61. The summed E-state index contributed by atoms with van der Waals surface area (Å²) in [6, 6.07) is 7.93. The Hall–Kier alpha value is -1.86. The van der Waals surface area contributed by atoms with E-state index in [1.54, 1.807) is 6.20 Å². The molecule has 0 aliphatic carbocycles. The van der Waals surface area contributed by atoms with Crippen molar-refractivity contribution in [1.82, 2.24) is 14.8 Å². The molecule has 1 fully saturated rings. The van der Waals surface area contributed by atoms with Crippen molar-refractivity contribution in [3.05, 3.63) is 52.8 Å². The molecule has 2 aliphatic heterocycles. The molecule has 1 aromatic carbocycles. The fourth-order valence-electron chi connectivity index (χ4n) is 3.39. The van der Waals surface area contributed by atoms with Crippen molar-refractivity contribution < 1.29 is 14.2 Å². The molecule has 7 heteroatoms. The minimum Gasteiger partial charge on any atom is -0.454 e. The van der Waals surface area contributed by atoms with Gasteiger partial charge in [0.2, 0.25) is 6.79 Å². The molecule has 2 aromatic rings. The Labute approximate surface area is 164 Å². The highest BCUT2D eigenvalue weighted by Gasteiger charge is 2.19. The molecule has 144 valence electrons. The van der Waals surface area contributed by atoms with E-state index < -0.39 is 0 Å². The molecule has 1 saturated heterocycles. The van der Waals surface area contributed by atoms with E-state index in [0.29, 0.717) is 5.02 Å². The van der Waals surface area contributed by atoms with Crippen LogP contribution in [0.2, 0.25) is 5.02 Å². The first-order valence-corrected chi connectivity index (χ1v) is 9.65. The topological polar surface area (TPSA) is 47.1 Å². The Kier molecular flexibility index (Phi) is 6.09. The van der Waals surface area contributed by atoms with Crippen LogP contribution in [-0.4, -0.2) is 61.0 Å². The van der Waals surface area contributed by atoms with Gasteiger partial charge in [0.05, 0.1) is 13.2 Å². The maximum atomic E-state index is 6.50. The lowest BCUT2D eigenvalue weighted by Gasteiger charge is -2.30. The van der Waals surface area contributed by atoms with Crippen LogP contribution in [0.1, 0.15) is 11.1 Å². The minimum absolute atomic E-state index is 0.256. The second-order valence-corrected chi connectivity index (χ2v) is 7.23. The van der Waals surface area contributed by atoms with Crippen LogP contribution in [0.25, 0.3) is 0 Å². The first-order chi connectivity index (χ1) is 13.3. The summed E-state index contributed by atoms with van der Waals surface area (Å²) in [5.41, 5.74) is 2.24. The number of rotatable bonds is 7. The summed E-state index contributed by atoms with van der Waals surface area (Å²) in [6.07, 6.45) is 3.72. The largest absolute Gasteiger partial charge is 0.454 e. The average Bonchev–Trinajstić information content (AvgIpc) is 3.15. The smallest absolute Gasteiger partial charge is 0.231 e. The van der Waals surface area contributed by atoms with E-state index in [1.165, 1.54) is 5.56 Å². The molecule has 0 radical (unpaired) electrons. The third-order valence-corrected chi connectivity index (χ3v) is 5.25. The van der Waals surface area contributed by atoms with Crippen LogP contribution >= 0.6 is 11.6 Å². The number of ether oxygens (including phenoxy) is 3. The van der Waals surface area contributed by atoms with E-state index in [0.717, 1.165) is 69.5 Å². The predicted octanol–water partition coefficient (Wildman–Crippen LogP) is 2.80. The predicted molar refractivity (Wildman–Crippen MR) is 103 cm³/mol. The molecule has 0 saturated carbocycles. The Morgan fingerprint density at radius 3 is 2.70 bits per heavy atom. The van der Waals surface area contributed by atoms with Crippen LogP contribution in [0.4, 0.5) is 0 Å². The molecule has 1 aromatic heterocycles. The van der Waals surface area contributed by atoms with Crippen molar-refractivity contribution >= 4 is 11.6 Å². The molecule has 0 amide bonds. The highest BCUT2D eigenvalue weighted by atomic mass is 35.5. The van der Waals surface area contributed by atoms with Crippen molar-refractivity contribution in [2.24, 2.45) is 0 Å². The number of pyridine rings is 1. The quantitative estimate of drug-likeness (QED) is 0.725. The molecule has 27 heavy (non-hydrogen) atoms. The molecule has 3 heterocycles. The summed E-state index contributed by atoms with van der Waals surface area (Å²) in [7, 11) is 0. The molecule has 6 nitrogen and oxygen atoms in total. The van der Waals surface area contributed by atoms with Gasteiger partial charge < -0.3 is 14.2 Å². The van der Waals surface area contributed by atoms with E-state index in [9.17, 15) is 0 Å². The summed E-state index contributed by atoms with van der Waals surface area (Å²) in [4.78, 5) is 9.09. The standard InChI is InChI=1S/C20H24ClN3O3/c21-18-11-20-19(26-15-27-20)10-17(18)14-24(13-16-2-1-3-22-12-16)5-4-23-6-8-25-9-7-23/h1-3,10-12H,4-9,13-15H2. The third kappa shape index (κ3) is 4.90. The molecule has 0 bridgehead atoms. The van der Waals surface area contributed by atoms with Crippen LogP contribution in [0.5, 0.6) is 11.5 Å².